The zero-order valence-electron chi connectivity index (χ0n) is 25.5. The molecular formula is C34H38F2N4O4. The Balaban J connectivity index is 1.31. The van der Waals surface area contributed by atoms with Gasteiger partial charge in [-0.2, -0.15) is 8.78 Å². The smallest absolute Gasteiger partial charge is 0.387 e. The van der Waals surface area contributed by atoms with Gasteiger partial charge in [0.25, 0.3) is 5.91 Å². The summed E-state index contributed by atoms with van der Waals surface area (Å²) in [5, 5.41) is 2.14. The predicted octanol–water partition coefficient (Wildman–Crippen LogP) is 6.12. The van der Waals surface area contributed by atoms with Crippen molar-refractivity contribution in [3.8, 4) is 5.75 Å². The fraction of sp³-hybridized carbons (Fsp3) is 0.412. The second-order valence-corrected chi connectivity index (χ2v) is 11.9. The summed E-state index contributed by atoms with van der Waals surface area (Å²) in [4.78, 5) is 23.1. The van der Waals surface area contributed by atoms with Crippen LogP contribution in [0.3, 0.4) is 0 Å². The van der Waals surface area contributed by atoms with Crippen LogP contribution < -0.4 is 9.64 Å². The third-order valence-electron chi connectivity index (χ3n) is 8.35. The summed E-state index contributed by atoms with van der Waals surface area (Å²) >= 11 is 0. The van der Waals surface area contributed by atoms with Crippen LogP contribution in [0, 0.1) is 5.41 Å². The number of morpholine rings is 1. The van der Waals surface area contributed by atoms with Crippen molar-refractivity contribution in [1.82, 2.24) is 9.47 Å². The molecule has 8 nitrogen and oxygen atoms in total. The minimum absolute atomic E-state index is 0.0152. The van der Waals surface area contributed by atoms with Crippen LogP contribution in [0.1, 0.15) is 33.3 Å². The standard InChI is InChI=1S/C34H38F2N4O4/c1-5-42-30-12-13-34(4)17-29(31(41)40(32(34)37-30)27-8-10-28(11-9-27)44-33(35)36)24-6-7-25-20-39(21-26(25)16-24)15-14-38-18-22(2)43-23(3)19-38/h6-13,16-17,20-23,32-33H,5,14-15,18-19H2,1-4H3/t22-,23?,32?,34?/m0/s1. The zero-order chi connectivity index (χ0) is 31.0. The molecule has 3 aliphatic heterocycles. The first kappa shape index (κ1) is 30.0. The summed E-state index contributed by atoms with van der Waals surface area (Å²) in [6.45, 7) is 9.27. The molecule has 0 saturated carbocycles. The number of dihydropyridines is 1. The lowest BCUT2D eigenvalue weighted by atomic mass is 9.77. The first-order valence-electron chi connectivity index (χ1n) is 15.1. The molecule has 1 amide bonds. The van der Waals surface area contributed by atoms with E-state index in [9.17, 15) is 13.6 Å². The van der Waals surface area contributed by atoms with E-state index in [-0.39, 0.29) is 23.9 Å². The largest absolute Gasteiger partial charge is 0.478 e. The number of hydrogen-bond donors (Lipinski definition) is 0. The summed E-state index contributed by atoms with van der Waals surface area (Å²) in [7, 11) is 0. The number of halogens is 2. The van der Waals surface area contributed by atoms with Crippen LogP contribution in [-0.2, 0) is 20.8 Å². The average molecular weight is 605 g/mol. The molecule has 6 rings (SSSR count). The third-order valence-corrected chi connectivity index (χ3v) is 8.35. The Labute approximate surface area is 256 Å². The molecule has 3 unspecified atom stereocenters. The van der Waals surface area contributed by atoms with Crippen molar-refractivity contribution >= 4 is 33.8 Å². The van der Waals surface area contributed by atoms with Gasteiger partial charge in [-0.25, -0.2) is 4.99 Å². The van der Waals surface area contributed by atoms with E-state index in [4.69, 9.17) is 14.5 Å². The SMILES string of the molecule is CCOC1=NC2N(c3ccc(OC(F)F)cc3)C(=O)C(c3ccc4cn(CCN5CC(C)O[C@@H](C)C5)cc4c3)=CC2(C)C=C1. The molecule has 3 aliphatic rings. The third kappa shape index (κ3) is 6.14. The van der Waals surface area contributed by atoms with Crippen molar-refractivity contribution in [3.63, 3.8) is 0 Å². The Hall–Kier alpha value is -4.02. The van der Waals surface area contributed by atoms with E-state index in [1.54, 1.807) is 17.0 Å². The summed E-state index contributed by atoms with van der Waals surface area (Å²) in [6, 6.07) is 12.2. The Morgan fingerprint density at radius 3 is 2.48 bits per heavy atom. The molecule has 10 heteroatoms. The van der Waals surface area contributed by atoms with Crippen LogP contribution in [0.15, 0.2) is 78.1 Å². The lowest BCUT2D eigenvalue weighted by Gasteiger charge is -2.44. The van der Waals surface area contributed by atoms with Crippen LogP contribution in [0.4, 0.5) is 14.5 Å². The van der Waals surface area contributed by atoms with Crippen molar-refractivity contribution in [1.29, 1.82) is 0 Å². The highest BCUT2D eigenvalue weighted by Gasteiger charge is 2.45. The molecular weight excluding hydrogens is 566 g/mol. The Morgan fingerprint density at radius 1 is 1.05 bits per heavy atom. The second-order valence-electron chi connectivity index (χ2n) is 11.9. The fourth-order valence-electron chi connectivity index (χ4n) is 6.42. The highest BCUT2D eigenvalue weighted by Crippen LogP contribution is 2.44. The molecule has 0 N–H and O–H groups in total. The number of hydrogen-bond acceptors (Lipinski definition) is 6. The van der Waals surface area contributed by atoms with Gasteiger partial charge >= 0.3 is 6.61 Å². The van der Waals surface area contributed by atoms with Gasteiger partial charge in [-0.1, -0.05) is 24.3 Å². The Morgan fingerprint density at radius 2 is 1.77 bits per heavy atom. The van der Waals surface area contributed by atoms with Gasteiger partial charge in [0.15, 0.2) is 0 Å². The van der Waals surface area contributed by atoms with E-state index in [2.05, 4.69) is 46.5 Å². The van der Waals surface area contributed by atoms with Gasteiger partial charge in [0, 0.05) is 55.2 Å². The number of fused-ring (bicyclic) bond motifs is 2. The number of nitrogens with zero attached hydrogens (tertiary/aromatic N) is 4. The number of carbonyl (C=O) groups excluding carboxylic acids is 1. The number of alkyl halides is 2. The van der Waals surface area contributed by atoms with Crippen molar-refractivity contribution in [2.45, 2.75) is 59.2 Å². The topological polar surface area (TPSA) is 68.5 Å². The number of ether oxygens (including phenoxy) is 3. The van der Waals surface area contributed by atoms with Crippen molar-refractivity contribution in [2.75, 3.05) is 31.1 Å². The molecule has 44 heavy (non-hydrogen) atoms. The van der Waals surface area contributed by atoms with Crippen LogP contribution >= 0.6 is 0 Å². The van der Waals surface area contributed by atoms with Gasteiger partial charge in [-0.05, 0) is 80.4 Å². The number of carbonyl (C=O) groups is 1. The first-order valence-corrected chi connectivity index (χ1v) is 15.1. The van der Waals surface area contributed by atoms with Crippen LogP contribution in [0.5, 0.6) is 5.75 Å². The number of aliphatic imine (C=N–C) groups is 1. The maximum atomic E-state index is 14.3. The quantitative estimate of drug-likeness (QED) is 0.310. The van der Waals surface area contributed by atoms with Gasteiger partial charge in [0.1, 0.15) is 11.9 Å². The molecule has 4 atom stereocenters. The summed E-state index contributed by atoms with van der Waals surface area (Å²) < 4.78 is 43.9. The van der Waals surface area contributed by atoms with E-state index in [0.29, 0.717) is 23.8 Å². The molecule has 232 valence electrons. The van der Waals surface area contributed by atoms with Crippen molar-refractivity contribution in [2.24, 2.45) is 10.4 Å². The number of benzene rings is 2. The highest BCUT2D eigenvalue weighted by molar-refractivity contribution is 6.28. The van der Waals surface area contributed by atoms with Gasteiger partial charge < -0.3 is 18.8 Å². The van der Waals surface area contributed by atoms with Gasteiger partial charge in [0.2, 0.25) is 5.90 Å². The lowest BCUT2D eigenvalue weighted by molar-refractivity contribution is -0.114. The van der Waals surface area contributed by atoms with Gasteiger partial charge in [0.05, 0.1) is 18.8 Å². The summed E-state index contributed by atoms with van der Waals surface area (Å²) in [6.07, 6.45) is 9.92. The zero-order valence-corrected chi connectivity index (χ0v) is 25.5. The molecule has 1 saturated heterocycles. The normalized spacial score (nSPS) is 25.7. The number of rotatable bonds is 8. The molecule has 0 spiro atoms. The van der Waals surface area contributed by atoms with Crippen molar-refractivity contribution in [3.05, 3.63) is 78.6 Å². The van der Waals surface area contributed by atoms with Crippen LogP contribution in [0.2, 0.25) is 0 Å². The average Bonchev–Trinajstić information content (AvgIpc) is 3.39. The molecule has 2 aromatic carbocycles. The Bertz CT molecular complexity index is 1600. The molecule has 4 heterocycles. The molecule has 0 aliphatic carbocycles. The minimum Gasteiger partial charge on any atom is -0.478 e. The number of anilines is 1. The van der Waals surface area contributed by atoms with E-state index in [0.717, 1.165) is 42.5 Å². The maximum Gasteiger partial charge on any atom is 0.387 e. The van der Waals surface area contributed by atoms with E-state index < -0.39 is 18.2 Å². The predicted molar refractivity (Wildman–Crippen MR) is 167 cm³/mol. The summed E-state index contributed by atoms with van der Waals surface area (Å²) in [5.74, 6) is 0.215. The van der Waals surface area contributed by atoms with E-state index in [1.807, 2.05) is 44.2 Å². The molecule has 1 aromatic heterocycles. The first-order chi connectivity index (χ1) is 21.1. The van der Waals surface area contributed by atoms with Gasteiger partial charge in [-0.3, -0.25) is 14.6 Å². The minimum atomic E-state index is -2.94. The highest BCUT2D eigenvalue weighted by atomic mass is 19.3. The number of aromatic nitrogens is 1. The van der Waals surface area contributed by atoms with Crippen LogP contribution in [-0.4, -0.2) is 72.5 Å². The maximum absolute atomic E-state index is 14.3. The van der Waals surface area contributed by atoms with Gasteiger partial charge in [-0.15, -0.1) is 0 Å². The molecule has 0 bridgehead atoms. The molecule has 1 fully saturated rings. The fourth-order valence-corrected chi connectivity index (χ4v) is 6.42. The van der Waals surface area contributed by atoms with Crippen LogP contribution in [0.25, 0.3) is 16.3 Å². The van der Waals surface area contributed by atoms with E-state index in [1.165, 1.54) is 12.1 Å². The lowest BCUT2D eigenvalue weighted by Crippen LogP contribution is -2.52. The summed E-state index contributed by atoms with van der Waals surface area (Å²) in [5.41, 5.74) is 1.22. The Kier molecular flexibility index (Phi) is 8.30. The second kappa shape index (κ2) is 12.2. The van der Waals surface area contributed by atoms with Crippen molar-refractivity contribution < 1.29 is 27.8 Å². The molecule has 0 radical (unpaired) electrons. The van der Waals surface area contributed by atoms with E-state index >= 15 is 0 Å². The monoisotopic (exact) mass is 604 g/mol. The molecule has 3 aromatic rings. The number of amides is 1.